The minimum atomic E-state index is -4.42. The number of nitrogens with one attached hydrogen (secondary N) is 1. The highest BCUT2D eigenvalue weighted by Crippen LogP contribution is 2.31. The first kappa shape index (κ1) is 12.0. The van der Waals surface area contributed by atoms with E-state index < -0.39 is 17.4 Å². The summed E-state index contributed by atoms with van der Waals surface area (Å²) in [6.45, 7) is 0. The number of H-pyrrole nitrogens is 1. The Hall–Kier alpha value is -2.02. The van der Waals surface area contributed by atoms with E-state index in [1.54, 1.807) is 17.5 Å². The molecule has 19 heavy (non-hydrogen) atoms. The zero-order valence-corrected chi connectivity index (χ0v) is 10.2. The quantitative estimate of drug-likeness (QED) is 0.730. The van der Waals surface area contributed by atoms with E-state index in [0.29, 0.717) is 10.5 Å². The van der Waals surface area contributed by atoms with Crippen LogP contribution in [-0.4, -0.2) is 9.55 Å². The standard InChI is InChI=1S/C12H7F3N2OS/c13-12(14,15)7-3-4-9-8(6-7)16-11(18)17(9)10-2-1-5-19-10/h1-6H,(H,16,18). The van der Waals surface area contributed by atoms with Crippen molar-refractivity contribution in [2.24, 2.45) is 0 Å². The van der Waals surface area contributed by atoms with E-state index in [-0.39, 0.29) is 5.52 Å². The molecule has 0 saturated heterocycles. The third-order valence-electron chi connectivity index (χ3n) is 2.74. The Bertz CT molecular complexity index is 784. The lowest BCUT2D eigenvalue weighted by molar-refractivity contribution is -0.137. The normalized spacial score (nSPS) is 12.2. The van der Waals surface area contributed by atoms with Crippen LogP contribution < -0.4 is 5.69 Å². The van der Waals surface area contributed by atoms with Crippen molar-refractivity contribution < 1.29 is 13.2 Å². The lowest BCUT2D eigenvalue weighted by Gasteiger charge is -2.06. The molecular weight excluding hydrogens is 277 g/mol. The molecule has 0 saturated carbocycles. The molecule has 0 spiro atoms. The molecule has 0 unspecified atom stereocenters. The number of alkyl halides is 3. The fourth-order valence-electron chi connectivity index (χ4n) is 1.90. The first-order chi connectivity index (χ1) is 8.97. The molecular formula is C12H7F3N2OS. The second-order valence-electron chi connectivity index (χ2n) is 3.95. The van der Waals surface area contributed by atoms with Gasteiger partial charge in [0.1, 0.15) is 5.00 Å². The molecule has 0 radical (unpaired) electrons. The maximum absolute atomic E-state index is 12.6. The van der Waals surface area contributed by atoms with Crippen LogP contribution in [0.2, 0.25) is 0 Å². The highest BCUT2D eigenvalue weighted by molar-refractivity contribution is 7.12. The molecule has 0 fully saturated rings. The molecule has 0 aliphatic rings. The second-order valence-corrected chi connectivity index (χ2v) is 4.87. The predicted octanol–water partition coefficient (Wildman–Crippen LogP) is 3.40. The summed E-state index contributed by atoms with van der Waals surface area (Å²) in [6, 6.07) is 6.72. The van der Waals surface area contributed by atoms with Gasteiger partial charge < -0.3 is 4.98 Å². The van der Waals surface area contributed by atoms with Crippen LogP contribution in [-0.2, 0) is 6.18 Å². The van der Waals surface area contributed by atoms with Crippen molar-refractivity contribution >= 4 is 22.4 Å². The number of imidazole rings is 1. The second kappa shape index (κ2) is 3.99. The van der Waals surface area contributed by atoms with Crippen LogP contribution in [0.3, 0.4) is 0 Å². The van der Waals surface area contributed by atoms with E-state index in [4.69, 9.17) is 0 Å². The van der Waals surface area contributed by atoms with Crippen molar-refractivity contribution in [1.29, 1.82) is 0 Å². The van der Waals surface area contributed by atoms with Crippen molar-refractivity contribution in [1.82, 2.24) is 9.55 Å². The number of aromatic nitrogens is 2. The summed E-state index contributed by atoms with van der Waals surface area (Å²) >= 11 is 1.34. The Kier molecular flexibility index (Phi) is 2.53. The van der Waals surface area contributed by atoms with Crippen LogP contribution in [0.4, 0.5) is 13.2 Å². The van der Waals surface area contributed by atoms with Gasteiger partial charge in [-0.15, -0.1) is 11.3 Å². The number of hydrogen-bond donors (Lipinski definition) is 1. The number of aromatic amines is 1. The molecule has 3 aromatic rings. The first-order valence-electron chi connectivity index (χ1n) is 5.33. The summed E-state index contributed by atoms with van der Waals surface area (Å²) in [5, 5.41) is 2.46. The third-order valence-corrected chi connectivity index (χ3v) is 3.59. The van der Waals surface area contributed by atoms with Gasteiger partial charge in [-0.2, -0.15) is 13.2 Å². The number of fused-ring (bicyclic) bond motifs is 1. The number of benzene rings is 1. The highest BCUT2D eigenvalue weighted by Gasteiger charge is 2.31. The summed E-state index contributed by atoms with van der Waals surface area (Å²) in [6.07, 6.45) is -4.42. The lowest BCUT2D eigenvalue weighted by Crippen LogP contribution is -2.13. The summed E-state index contributed by atoms with van der Waals surface area (Å²) in [4.78, 5) is 14.3. The van der Waals surface area contributed by atoms with Crippen LogP contribution in [0.1, 0.15) is 5.56 Å². The number of thiophene rings is 1. The van der Waals surface area contributed by atoms with Crippen molar-refractivity contribution in [3.8, 4) is 5.00 Å². The zero-order valence-electron chi connectivity index (χ0n) is 9.36. The smallest absolute Gasteiger partial charge is 0.305 e. The molecule has 1 N–H and O–H groups in total. The number of nitrogens with zero attached hydrogens (tertiary/aromatic N) is 1. The molecule has 0 bridgehead atoms. The predicted molar refractivity (Wildman–Crippen MR) is 66.8 cm³/mol. The van der Waals surface area contributed by atoms with Crippen LogP contribution in [0.5, 0.6) is 0 Å². The fraction of sp³-hybridized carbons (Fsp3) is 0.0833. The van der Waals surface area contributed by atoms with E-state index in [1.165, 1.54) is 22.0 Å². The fourth-order valence-corrected chi connectivity index (χ4v) is 2.64. The van der Waals surface area contributed by atoms with Crippen molar-refractivity contribution in [2.75, 3.05) is 0 Å². The van der Waals surface area contributed by atoms with Crippen LogP contribution in [0.15, 0.2) is 40.5 Å². The lowest BCUT2D eigenvalue weighted by atomic mass is 10.2. The van der Waals surface area contributed by atoms with E-state index in [9.17, 15) is 18.0 Å². The summed E-state index contributed by atoms with van der Waals surface area (Å²) in [5.41, 5.74) is -0.620. The molecule has 0 aliphatic heterocycles. The minimum Gasteiger partial charge on any atom is -0.305 e. The molecule has 98 valence electrons. The van der Waals surface area contributed by atoms with Crippen molar-refractivity contribution in [2.45, 2.75) is 6.18 Å². The van der Waals surface area contributed by atoms with Gasteiger partial charge in [0.05, 0.1) is 16.6 Å². The monoisotopic (exact) mass is 284 g/mol. The van der Waals surface area contributed by atoms with Crippen molar-refractivity contribution in [3.63, 3.8) is 0 Å². The van der Waals surface area contributed by atoms with Gasteiger partial charge in [0, 0.05) is 0 Å². The number of rotatable bonds is 1. The topological polar surface area (TPSA) is 37.8 Å². The number of halogens is 3. The highest BCUT2D eigenvalue weighted by atomic mass is 32.1. The molecule has 1 aromatic carbocycles. The Morgan fingerprint density at radius 3 is 2.63 bits per heavy atom. The Labute approximate surface area is 108 Å². The van der Waals surface area contributed by atoms with Gasteiger partial charge in [-0.05, 0) is 35.7 Å². The largest absolute Gasteiger partial charge is 0.416 e. The molecule has 0 amide bonds. The van der Waals surface area contributed by atoms with Crippen LogP contribution in [0, 0.1) is 0 Å². The molecule has 3 rings (SSSR count). The zero-order chi connectivity index (χ0) is 13.6. The van der Waals surface area contributed by atoms with Crippen molar-refractivity contribution in [3.05, 3.63) is 51.8 Å². The average Bonchev–Trinajstić information content (AvgIpc) is 2.92. The van der Waals surface area contributed by atoms with Crippen LogP contribution in [0.25, 0.3) is 16.0 Å². The molecule has 2 aromatic heterocycles. The molecule has 7 heteroatoms. The molecule has 0 atom stereocenters. The molecule has 2 heterocycles. The van der Waals surface area contributed by atoms with E-state index in [1.807, 2.05) is 0 Å². The maximum atomic E-state index is 12.6. The minimum absolute atomic E-state index is 0.174. The molecule has 3 nitrogen and oxygen atoms in total. The van der Waals surface area contributed by atoms with Gasteiger partial charge in [-0.1, -0.05) is 0 Å². The summed E-state index contributed by atoms with van der Waals surface area (Å²) in [7, 11) is 0. The van der Waals surface area contributed by atoms with E-state index in [2.05, 4.69) is 4.98 Å². The average molecular weight is 284 g/mol. The summed E-state index contributed by atoms with van der Waals surface area (Å²) in [5.74, 6) is 0. The SMILES string of the molecule is O=c1[nH]c2cc(C(F)(F)F)ccc2n1-c1cccs1. The van der Waals surface area contributed by atoms with E-state index in [0.717, 1.165) is 12.1 Å². The maximum Gasteiger partial charge on any atom is 0.416 e. The van der Waals surface area contributed by atoms with Gasteiger partial charge in [0.15, 0.2) is 0 Å². The van der Waals surface area contributed by atoms with Gasteiger partial charge in [-0.25, -0.2) is 4.79 Å². The van der Waals surface area contributed by atoms with Gasteiger partial charge in [0.25, 0.3) is 0 Å². The first-order valence-corrected chi connectivity index (χ1v) is 6.20. The van der Waals surface area contributed by atoms with Gasteiger partial charge >= 0.3 is 11.9 Å². The Morgan fingerprint density at radius 1 is 1.21 bits per heavy atom. The third kappa shape index (κ3) is 1.95. The summed E-state index contributed by atoms with van der Waals surface area (Å²) < 4.78 is 39.2. The van der Waals surface area contributed by atoms with Crippen LogP contribution >= 0.6 is 11.3 Å². The Morgan fingerprint density at radius 2 is 2.00 bits per heavy atom. The van der Waals surface area contributed by atoms with Gasteiger partial charge in [0.2, 0.25) is 0 Å². The molecule has 0 aliphatic carbocycles. The van der Waals surface area contributed by atoms with Gasteiger partial charge in [-0.3, -0.25) is 4.57 Å². The Balaban J connectivity index is 2.27. The van der Waals surface area contributed by atoms with E-state index >= 15 is 0 Å². The number of hydrogen-bond acceptors (Lipinski definition) is 2.